The molecule has 5 heteroatoms. The Morgan fingerprint density at radius 1 is 1.11 bits per heavy atom. The molecule has 0 spiro atoms. The smallest absolute Gasteiger partial charge is 0.259 e. The van der Waals surface area contributed by atoms with E-state index < -0.39 is 0 Å². The van der Waals surface area contributed by atoms with Crippen LogP contribution in [0.1, 0.15) is 39.9 Å². The van der Waals surface area contributed by atoms with Crippen LogP contribution in [-0.2, 0) is 6.42 Å². The van der Waals surface area contributed by atoms with Crippen LogP contribution in [0.25, 0.3) is 5.65 Å². The zero-order valence-electron chi connectivity index (χ0n) is 15.7. The number of aromatic nitrogens is 3. The summed E-state index contributed by atoms with van der Waals surface area (Å²) in [6.45, 7) is 2.85. The molecule has 1 N–H and O–H groups in total. The first kappa shape index (κ1) is 16.8. The summed E-state index contributed by atoms with van der Waals surface area (Å²) in [6.07, 6.45) is 6.13. The molecule has 0 saturated heterocycles. The molecule has 28 heavy (non-hydrogen) atoms. The Morgan fingerprint density at radius 2 is 1.89 bits per heavy atom. The summed E-state index contributed by atoms with van der Waals surface area (Å²) >= 11 is 0. The Morgan fingerprint density at radius 3 is 2.75 bits per heavy atom. The molecule has 4 aromatic rings. The fourth-order valence-electron chi connectivity index (χ4n) is 4.47. The maximum absolute atomic E-state index is 13.5. The van der Waals surface area contributed by atoms with Crippen molar-refractivity contribution in [3.63, 3.8) is 0 Å². The van der Waals surface area contributed by atoms with Gasteiger partial charge in [-0.15, -0.1) is 0 Å². The summed E-state index contributed by atoms with van der Waals surface area (Å²) in [5.74, 6) is 0.164. The maximum atomic E-state index is 13.5. The minimum atomic E-state index is 0.0266. The largest absolute Gasteiger partial charge is 0.334 e. The number of nitrogens with one attached hydrogen (secondary N) is 1. The molecule has 0 saturated carbocycles. The summed E-state index contributed by atoms with van der Waals surface area (Å²) in [4.78, 5) is 19.9. The first-order valence-corrected chi connectivity index (χ1v) is 9.68. The van der Waals surface area contributed by atoms with Crippen molar-refractivity contribution in [3.05, 3.63) is 95.4 Å². The molecule has 0 radical (unpaired) electrons. The number of imidazole rings is 1. The number of aromatic amines is 1. The Labute approximate surface area is 163 Å². The van der Waals surface area contributed by atoms with Crippen LogP contribution in [0.2, 0.25) is 0 Å². The van der Waals surface area contributed by atoms with Gasteiger partial charge in [0.2, 0.25) is 0 Å². The van der Waals surface area contributed by atoms with Crippen molar-refractivity contribution in [1.29, 1.82) is 0 Å². The highest BCUT2D eigenvalue weighted by atomic mass is 16.2. The Bertz CT molecular complexity index is 1130. The molecule has 5 nitrogen and oxygen atoms in total. The van der Waals surface area contributed by atoms with Crippen molar-refractivity contribution < 1.29 is 4.79 Å². The van der Waals surface area contributed by atoms with Crippen LogP contribution in [0.5, 0.6) is 0 Å². The van der Waals surface area contributed by atoms with Crippen molar-refractivity contribution in [1.82, 2.24) is 19.5 Å². The minimum Gasteiger partial charge on any atom is -0.334 e. The SMILES string of the molecule is C[C@@H]1[C@@H](c2ccccc2)c2ccccc2CCN1C(=O)c1c[nH]n2ccnc12. The van der Waals surface area contributed by atoms with Crippen molar-refractivity contribution in [2.24, 2.45) is 0 Å². The van der Waals surface area contributed by atoms with E-state index in [0.29, 0.717) is 17.8 Å². The van der Waals surface area contributed by atoms with Crippen molar-refractivity contribution in [2.75, 3.05) is 6.54 Å². The van der Waals surface area contributed by atoms with E-state index in [2.05, 4.69) is 65.5 Å². The normalized spacial score (nSPS) is 19.4. The molecule has 1 aliphatic rings. The van der Waals surface area contributed by atoms with E-state index in [1.54, 1.807) is 16.9 Å². The van der Waals surface area contributed by atoms with Crippen molar-refractivity contribution in [3.8, 4) is 0 Å². The lowest BCUT2D eigenvalue weighted by atomic mass is 9.83. The standard InChI is InChI=1S/C23H22N4O/c1-16-21(18-8-3-2-4-9-18)19-10-6-5-7-17(19)11-13-26(16)23(28)20-15-25-27-14-12-24-22(20)27/h2-10,12,14-16,21,25H,11,13H2,1H3/t16-,21+/m1/s1. The molecular weight excluding hydrogens is 348 g/mol. The number of amides is 1. The first-order chi connectivity index (χ1) is 13.7. The number of benzene rings is 2. The van der Waals surface area contributed by atoms with Gasteiger partial charge in [0.05, 0.1) is 0 Å². The first-order valence-electron chi connectivity index (χ1n) is 9.68. The van der Waals surface area contributed by atoms with Gasteiger partial charge < -0.3 is 4.90 Å². The maximum Gasteiger partial charge on any atom is 0.259 e. The third-order valence-corrected chi connectivity index (χ3v) is 5.87. The van der Waals surface area contributed by atoms with E-state index in [4.69, 9.17) is 0 Å². The van der Waals surface area contributed by atoms with Crippen LogP contribution in [0, 0.1) is 0 Å². The molecule has 0 bridgehead atoms. The topological polar surface area (TPSA) is 53.4 Å². The second-order valence-corrected chi connectivity index (χ2v) is 7.38. The van der Waals surface area contributed by atoms with Gasteiger partial charge in [-0.1, -0.05) is 54.6 Å². The fraction of sp³-hybridized carbons (Fsp3) is 0.217. The van der Waals surface area contributed by atoms with Gasteiger partial charge in [-0.2, -0.15) is 0 Å². The van der Waals surface area contributed by atoms with E-state index in [0.717, 1.165) is 6.42 Å². The zero-order valence-corrected chi connectivity index (χ0v) is 15.7. The van der Waals surface area contributed by atoms with Crippen LogP contribution >= 0.6 is 0 Å². The van der Waals surface area contributed by atoms with E-state index in [1.165, 1.54) is 16.7 Å². The molecule has 140 valence electrons. The fourth-order valence-corrected chi connectivity index (χ4v) is 4.47. The highest BCUT2D eigenvalue weighted by Gasteiger charge is 2.34. The quantitative estimate of drug-likeness (QED) is 0.582. The second-order valence-electron chi connectivity index (χ2n) is 7.38. The van der Waals surface area contributed by atoms with E-state index in [1.807, 2.05) is 17.2 Å². The molecule has 1 amide bonds. The predicted molar refractivity (Wildman–Crippen MR) is 108 cm³/mol. The summed E-state index contributed by atoms with van der Waals surface area (Å²) in [5, 5.41) is 3.09. The number of fused-ring (bicyclic) bond motifs is 2. The molecule has 1 aliphatic heterocycles. The van der Waals surface area contributed by atoms with E-state index >= 15 is 0 Å². The van der Waals surface area contributed by atoms with Gasteiger partial charge >= 0.3 is 0 Å². The number of hydrogen-bond acceptors (Lipinski definition) is 2. The van der Waals surface area contributed by atoms with Crippen LogP contribution in [0.4, 0.5) is 0 Å². The summed E-state index contributed by atoms with van der Waals surface area (Å²) in [5.41, 5.74) is 5.17. The number of rotatable bonds is 2. The minimum absolute atomic E-state index is 0.0266. The molecular formula is C23H22N4O. The molecule has 0 fully saturated rings. The number of carbonyl (C=O) groups excluding carboxylic acids is 1. The van der Waals surface area contributed by atoms with E-state index in [-0.39, 0.29) is 17.9 Å². The zero-order chi connectivity index (χ0) is 19.1. The summed E-state index contributed by atoms with van der Waals surface area (Å²) < 4.78 is 1.78. The lowest BCUT2D eigenvalue weighted by Gasteiger charge is -2.33. The van der Waals surface area contributed by atoms with Crippen molar-refractivity contribution >= 4 is 11.6 Å². The van der Waals surface area contributed by atoms with Gasteiger partial charge in [0.25, 0.3) is 5.91 Å². The molecule has 0 aliphatic carbocycles. The summed E-state index contributed by atoms with van der Waals surface area (Å²) in [6, 6.07) is 19.1. The Balaban J connectivity index is 1.59. The molecule has 2 aromatic heterocycles. The van der Waals surface area contributed by atoms with Gasteiger partial charge in [-0.25, -0.2) is 9.50 Å². The third-order valence-electron chi connectivity index (χ3n) is 5.87. The van der Waals surface area contributed by atoms with Crippen LogP contribution in [0.15, 0.2) is 73.2 Å². The summed E-state index contributed by atoms with van der Waals surface area (Å²) in [7, 11) is 0. The van der Waals surface area contributed by atoms with Gasteiger partial charge in [0.15, 0.2) is 5.65 Å². The average molecular weight is 370 g/mol. The van der Waals surface area contributed by atoms with Gasteiger partial charge in [0, 0.05) is 37.1 Å². The van der Waals surface area contributed by atoms with Gasteiger partial charge in [-0.05, 0) is 30.0 Å². The monoisotopic (exact) mass is 370 g/mol. The second kappa shape index (κ2) is 6.68. The number of H-pyrrole nitrogens is 1. The Kier molecular flexibility index (Phi) is 4.01. The lowest BCUT2D eigenvalue weighted by Crippen LogP contribution is -2.42. The molecule has 5 rings (SSSR count). The Hall–Kier alpha value is -3.34. The average Bonchev–Trinajstić information content (AvgIpc) is 3.30. The molecule has 2 aromatic carbocycles. The van der Waals surface area contributed by atoms with Gasteiger partial charge in [-0.3, -0.25) is 9.89 Å². The predicted octanol–water partition coefficient (Wildman–Crippen LogP) is 3.88. The highest BCUT2D eigenvalue weighted by molar-refractivity contribution is 6.00. The third kappa shape index (κ3) is 2.62. The van der Waals surface area contributed by atoms with Crippen LogP contribution in [0.3, 0.4) is 0 Å². The van der Waals surface area contributed by atoms with Crippen molar-refractivity contribution in [2.45, 2.75) is 25.3 Å². The lowest BCUT2D eigenvalue weighted by molar-refractivity contribution is 0.0689. The van der Waals surface area contributed by atoms with Crippen LogP contribution in [-0.4, -0.2) is 38.0 Å². The molecule has 2 atom stereocenters. The van der Waals surface area contributed by atoms with Crippen LogP contribution < -0.4 is 0 Å². The number of nitrogens with zero attached hydrogens (tertiary/aromatic N) is 3. The van der Waals surface area contributed by atoms with Gasteiger partial charge in [0.1, 0.15) is 5.56 Å². The number of carbonyl (C=O) groups is 1. The molecule has 3 heterocycles. The number of hydrogen-bond donors (Lipinski definition) is 1. The molecule has 0 unspecified atom stereocenters. The highest BCUT2D eigenvalue weighted by Crippen LogP contribution is 2.36. The van der Waals surface area contributed by atoms with E-state index in [9.17, 15) is 4.79 Å².